The van der Waals surface area contributed by atoms with E-state index in [1.54, 1.807) is 0 Å². The fourth-order valence-electron chi connectivity index (χ4n) is 2.90. The Balaban J connectivity index is 1.76. The van der Waals surface area contributed by atoms with Gasteiger partial charge in [-0.3, -0.25) is 4.79 Å². The van der Waals surface area contributed by atoms with Crippen molar-refractivity contribution in [3.63, 3.8) is 0 Å². The second-order valence-corrected chi connectivity index (χ2v) is 5.82. The third-order valence-corrected chi connectivity index (χ3v) is 4.19. The molecule has 1 saturated heterocycles. The third-order valence-electron chi connectivity index (χ3n) is 4.19. The molecule has 1 aliphatic rings. The van der Waals surface area contributed by atoms with Gasteiger partial charge in [0.25, 0.3) is 17.8 Å². The predicted octanol–water partition coefficient (Wildman–Crippen LogP) is 3.20. The van der Waals surface area contributed by atoms with Gasteiger partial charge in [0.2, 0.25) is 11.6 Å². The first-order chi connectivity index (χ1) is 13.3. The Morgan fingerprint density at radius 3 is 2.11 bits per heavy atom. The molecule has 1 aromatic carbocycles. The lowest BCUT2D eigenvalue weighted by molar-refractivity contribution is -0.0502. The number of piperazine rings is 1. The largest absolute Gasteiger partial charge is 0.434 e. The number of pyridine rings is 1. The summed E-state index contributed by atoms with van der Waals surface area (Å²) in [6.45, 7) is -3.52. The van der Waals surface area contributed by atoms with Crippen molar-refractivity contribution in [2.45, 2.75) is 6.61 Å². The van der Waals surface area contributed by atoms with E-state index >= 15 is 0 Å². The van der Waals surface area contributed by atoms with Crippen LogP contribution < -0.4 is 9.64 Å². The van der Waals surface area contributed by atoms with Gasteiger partial charge in [-0.25, -0.2) is 0 Å². The van der Waals surface area contributed by atoms with Crippen LogP contribution in [0.3, 0.4) is 0 Å². The number of carbonyl (C=O) groups is 1. The maximum Gasteiger partial charge on any atom is 0.387 e. The number of amides is 1. The van der Waals surface area contributed by atoms with E-state index in [4.69, 9.17) is 0 Å². The highest BCUT2D eigenvalue weighted by Crippen LogP contribution is 2.28. The second kappa shape index (κ2) is 7.95. The number of rotatable bonds is 4. The Morgan fingerprint density at radius 2 is 1.54 bits per heavy atom. The first-order valence-corrected chi connectivity index (χ1v) is 8.07. The molecule has 1 amide bonds. The molecule has 0 atom stereocenters. The van der Waals surface area contributed by atoms with E-state index in [2.05, 4.69) is 9.72 Å². The smallest absolute Gasteiger partial charge is 0.387 e. The lowest BCUT2D eigenvalue weighted by Crippen LogP contribution is -2.49. The van der Waals surface area contributed by atoms with Crippen molar-refractivity contribution < 1.29 is 35.9 Å². The number of para-hydroxylation sites is 1. The van der Waals surface area contributed by atoms with Gasteiger partial charge >= 0.3 is 6.61 Å². The molecule has 1 aliphatic heterocycles. The molecule has 0 unspecified atom stereocenters. The fraction of sp³-hybridized carbons (Fsp3) is 0.294. The molecule has 2 heterocycles. The number of nitrogens with zero attached hydrogens (tertiary/aromatic N) is 3. The summed E-state index contributed by atoms with van der Waals surface area (Å²) < 4.78 is 83.6. The molecule has 2 aromatic rings. The van der Waals surface area contributed by atoms with Crippen molar-refractivity contribution in [2.24, 2.45) is 0 Å². The van der Waals surface area contributed by atoms with E-state index in [1.807, 2.05) is 0 Å². The molecule has 1 fully saturated rings. The summed E-state index contributed by atoms with van der Waals surface area (Å²) in [5.74, 6) is -7.73. The highest BCUT2D eigenvalue weighted by molar-refractivity contribution is 5.97. The number of hydrogen-bond donors (Lipinski definition) is 0. The maximum absolute atomic E-state index is 13.9. The van der Waals surface area contributed by atoms with Crippen molar-refractivity contribution in [1.82, 2.24) is 9.88 Å². The normalized spacial score (nSPS) is 14.5. The van der Waals surface area contributed by atoms with Gasteiger partial charge in [-0.15, -0.1) is 0 Å². The van der Waals surface area contributed by atoms with E-state index < -0.39 is 41.7 Å². The van der Waals surface area contributed by atoms with Gasteiger partial charge in [0.15, 0.2) is 0 Å². The molecule has 0 bridgehead atoms. The first kappa shape index (κ1) is 19.8. The Labute approximate surface area is 155 Å². The number of halogens is 6. The summed E-state index contributed by atoms with van der Waals surface area (Å²) in [7, 11) is 0. The monoisotopic (exact) mass is 405 g/mol. The van der Waals surface area contributed by atoms with E-state index in [1.165, 1.54) is 29.2 Å². The van der Waals surface area contributed by atoms with E-state index in [9.17, 15) is 31.1 Å². The summed E-state index contributed by atoms with van der Waals surface area (Å²) in [5.41, 5.74) is -1.01. The SMILES string of the molecule is O=C(c1ccccc1OC(F)F)N1CCN(c2c(F)c(F)nc(F)c2F)CC1. The minimum Gasteiger partial charge on any atom is -0.434 e. The molecule has 150 valence electrons. The Morgan fingerprint density at radius 1 is 0.964 bits per heavy atom. The highest BCUT2D eigenvalue weighted by Gasteiger charge is 2.30. The number of carbonyl (C=O) groups excluding carboxylic acids is 1. The molecule has 0 spiro atoms. The van der Waals surface area contributed by atoms with Crippen LogP contribution in [0.1, 0.15) is 10.4 Å². The predicted molar refractivity (Wildman–Crippen MR) is 85.3 cm³/mol. The molecular formula is C17H13F6N3O2. The summed E-state index contributed by atoms with van der Waals surface area (Å²) in [6, 6.07) is 5.40. The minimum absolute atomic E-state index is 0.0632. The number of anilines is 1. The van der Waals surface area contributed by atoms with Gasteiger partial charge in [0.05, 0.1) is 5.56 Å². The van der Waals surface area contributed by atoms with Gasteiger partial charge in [-0.05, 0) is 12.1 Å². The Bertz CT molecular complexity index is 861. The fourth-order valence-corrected chi connectivity index (χ4v) is 2.90. The topological polar surface area (TPSA) is 45.7 Å². The summed E-state index contributed by atoms with van der Waals surface area (Å²) >= 11 is 0. The van der Waals surface area contributed by atoms with Gasteiger partial charge in [-0.2, -0.15) is 31.3 Å². The van der Waals surface area contributed by atoms with E-state index in [-0.39, 0.29) is 37.5 Å². The summed E-state index contributed by atoms with van der Waals surface area (Å²) in [5, 5.41) is 0. The van der Waals surface area contributed by atoms with Crippen LogP contribution in [0.4, 0.5) is 32.0 Å². The molecule has 0 radical (unpaired) electrons. The van der Waals surface area contributed by atoms with Crippen LogP contribution in [0.2, 0.25) is 0 Å². The molecular weight excluding hydrogens is 392 g/mol. The van der Waals surface area contributed by atoms with Crippen molar-refractivity contribution in [1.29, 1.82) is 0 Å². The van der Waals surface area contributed by atoms with Crippen LogP contribution in [-0.4, -0.2) is 48.6 Å². The number of hydrogen-bond acceptors (Lipinski definition) is 4. The van der Waals surface area contributed by atoms with Crippen LogP contribution in [0.5, 0.6) is 5.75 Å². The van der Waals surface area contributed by atoms with E-state index in [0.29, 0.717) is 0 Å². The molecule has 11 heteroatoms. The van der Waals surface area contributed by atoms with Crippen LogP contribution in [0.15, 0.2) is 24.3 Å². The van der Waals surface area contributed by atoms with Gasteiger partial charge in [0.1, 0.15) is 11.4 Å². The first-order valence-electron chi connectivity index (χ1n) is 8.07. The van der Waals surface area contributed by atoms with E-state index in [0.717, 1.165) is 4.90 Å². The van der Waals surface area contributed by atoms with Crippen molar-refractivity contribution in [3.8, 4) is 5.75 Å². The zero-order valence-corrected chi connectivity index (χ0v) is 14.1. The molecule has 28 heavy (non-hydrogen) atoms. The Kier molecular flexibility index (Phi) is 5.61. The zero-order valence-electron chi connectivity index (χ0n) is 14.1. The van der Waals surface area contributed by atoms with Crippen molar-refractivity contribution in [2.75, 3.05) is 31.1 Å². The lowest BCUT2D eigenvalue weighted by Gasteiger charge is -2.36. The molecule has 5 nitrogen and oxygen atoms in total. The average molecular weight is 405 g/mol. The second-order valence-electron chi connectivity index (χ2n) is 5.82. The van der Waals surface area contributed by atoms with Gasteiger partial charge in [0, 0.05) is 26.2 Å². The van der Waals surface area contributed by atoms with Crippen molar-refractivity contribution in [3.05, 3.63) is 53.4 Å². The minimum atomic E-state index is -3.12. The quantitative estimate of drug-likeness (QED) is 0.579. The average Bonchev–Trinajstić information content (AvgIpc) is 2.67. The molecule has 0 N–H and O–H groups in total. The van der Waals surface area contributed by atoms with Crippen LogP contribution in [-0.2, 0) is 0 Å². The van der Waals surface area contributed by atoms with Crippen LogP contribution >= 0.6 is 0 Å². The molecule has 1 aromatic heterocycles. The molecule has 3 rings (SSSR count). The summed E-state index contributed by atoms with van der Waals surface area (Å²) in [4.78, 5) is 17.4. The number of alkyl halides is 2. The molecule has 0 aliphatic carbocycles. The Hall–Kier alpha value is -2.98. The van der Waals surface area contributed by atoms with Crippen molar-refractivity contribution >= 4 is 11.6 Å². The maximum atomic E-state index is 13.9. The van der Waals surface area contributed by atoms with Gasteiger partial charge < -0.3 is 14.5 Å². The number of benzene rings is 1. The number of ether oxygens (including phenoxy) is 1. The third kappa shape index (κ3) is 3.82. The summed E-state index contributed by atoms with van der Waals surface area (Å²) in [6.07, 6.45) is 0. The number of aromatic nitrogens is 1. The van der Waals surface area contributed by atoms with Crippen LogP contribution in [0.25, 0.3) is 0 Å². The van der Waals surface area contributed by atoms with Gasteiger partial charge in [-0.1, -0.05) is 12.1 Å². The zero-order chi connectivity index (χ0) is 20.4. The lowest BCUT2D eigenvalue weighted by atomic mass is 10.1. The molecule has 0 saturated carbocycles. The standard InChI is InChI=1S/C17H13F6N3O2/c18-11-13(12(19)15(21)24-14(11)20)25-5-7-26(8-6-25)16(27)9-3-1-2-4-10(9)28-17(22)23/h1-4,17H,5-8H2. The highest BCUT2D eigenvalue weighted by atomic mass is 19.3. The van der Waals surface area contributed by atoms with Crippen LogP contribution in [0, 0.1) is 23.5 Å².